The van der Waals surface area contributed by atoms with Gasteiger partial charge >= 0.3 is 0 Å². The molecule has 5 rings (SSSR count). The predicted molar refractivity (Wildman–Crippen MR) is 91.0 cm³/mol. The summed E-state index contributed by atoms with van der Waals surface area (Å²) in [5.74, 6) is 1.92. The topological polar surface area (TPSA) is 53.0 Å². The van der Waals surface area contributed by atoms with Gasteiger partial charge in [-0.25, -0.2) is 0 Å². The molecule has 4 saturated heterocycles. The van der Waals surface area contributed by atoms with Crippen LogP contribution in [0, 0.1) is 5.92 Å². The van der Waals surface area contributed by atoms with Gasteiger partial charge in [0, 0.05) is 24.9 Å². The van der Waals surface area contributed by atoms with Crippen LogP contribution >= 0.6 is 0 Å². The molecule has 1 amide bonds. The Bertz CT molecular complexity index is 612. The van der Waals surface area contributed by atoms with E-state index < -0.39 is 0 Å². The van der Waals surface area contributed by atoms with E-state index in [0.717, 1.165) is 25.4 Å². The molecule has 5 nitrogen and oxygen atoms in total. The summed E-state index contributed by atoms with van der Waals surface area (Å²) < 4.78 is 5.40. The van der Waals surface area contributed by atoms with E-state index in [-0.39, 0.29) is 18.9 Å². The summed E-state index contributed by atoms with van der Waals surface area (Å²) in [5.41, 5.74) is 1.26. The van der Waals surface area contributed by atoms with Gasteiger partial charge in [-0.3, -0.25) is 9.69 Å². The molecular weight excluding hydrogens is 304 g/mol. The molecule has 1 N–H and O–H groups in total. The lowest BCUT2D eigenvalue weighted by molar-refractivity contribution is -0.136. The molecule has 4 fully saturated rings. The largest absolute Gasteiger partial charge is 0.497 e. The van der Waals surface area contributed by atoms with Gasteiger partial charge in [0.2, 0.25) is 5.91 Å². The Morgan fingerprint density at radius 2 is 2.08 bits per heavy atom. The molecule has 1 aromatic carbocycles. The number of nitrogens with zero attached hydrogens (tertiary/aromatic N) is 2. The number of ether oxygens (including phenoxy) is 1. The summed E-state index contributed by atoms with van der Waals surface area (Å²) in [6.45, 7) is 2.99. The van der Waals surface area contributed by atoms with Gasteiger partial charge in [0.15, 0.2) is 0 Å². The molecule has 4 heterocycles. The average Bonchev–Trinajstić information content (AvgIpc) is 3.06. The third-order valence-corrected chi connectivity index (χ3v) is 6.16. The lowest BCUT2D eigenvalue weighted by atomic mass is 9.75. The zero-order valence-corrected chi connectivity index (χ0v) is 14.2. The Morgan fingerprint density at radius 3 is 2.79 bits per heavy atom. The van der Waals surface area contributed by atoms with Gasteiger partial charge in [0.25, 0.3) is 0 Å². The molecule has 1 aromatic rings. The summed E-state index contributed by atoms with van der Waals surface area (Å²) in [5, 5.41) is 9.20. The van der Waals surface area contributed by atoms with Crippen molar-refractivity contribution in [3.8, 4) is 5.75 Å². The Morgan fingerprint density at radius 1 is 1.29 bits per heavy atom. The molecule has 0 aromatic heterocycles. The van der Waals surface area contributed by atoms with E-state index in [1.807, 2.05) is 12.1 Å². The standard InChI is InChI=1S/C19H26N2O3/c1-24-15-4-2-3-14(11-15)16-12-21(17(23)7-10-22)18-13-5-8-20(9-6-13)19(16)18/h2-4,11,13,16,18-19,22H,5-10,12H2,1H3. The van der Waals surface area contributed by atoms with Gasteiger partial charge in [-0.15, -0.1) is 0 Å². The normalized spacial score (nSPS) is 34.2. The van der Waals surface area contributed by atoms with Crippen LogP contribution in [0.2, 0.25) is 0 Å². The average molecular weight is 330 g/mol. The van der Waals surface area contributed by atoms with Crippen molar-refractivity contribution in [2.75, 3.05) is 33.4 Å². The second-order valence-corrected chi connectivity index (χ2v) is 7.26. The summed E-state index contributed by atoms with van der Waals surface area (Å²) in [4.78, 5) is 17.3. The van der Waals surface area contributed by atoms with Crippen LogP contribution in [0.25, 0.3) is 0 Å². The number of likely N-dealkylation sites (tertiary alicyclic amines) is 1. The zero-order chi connectivity index (χ0) is 16.7. The van der Waals surface area contributed by atoms with E-state index in [1.165, 1.54) is 18.4 Å². The first-order valence-corrected chi connectivity index (χ1v) is 9.01. The fourth-order valence-electron chi connectivity index (χ4n) is 5.11. The number of aliphatic hydroxyl groups is 1. The molecule has 4 aliphatic rings. The van der Waals surface area contributed by atoms with E-state index in [4.69, 9.17) is 4.74 Å². The van der Waals surface area contributed by atoms with Crippen molar-refractivity contribution in [2.45, 2.75) is 37.3 Å². The highest BCUT2D eigenvalue weighted by molar-refractivity contribution is 5.77. The minimum absolute atomic E-state index is 0.0646. The van der Waals surface area contributed by atoms with Crippen molar-refractivity contribution < 1.29 is 14.6 Å². The zero-order valence-electron chi connectivity index (χ0n) is 14.2. The lowest BCUT2D eigenvalue weighted by Crippen LogP contribution is -2.60. The van der Waals surface area contributed by atoms with E-state index in [0.29, 0.717) is 23.9 Å². The molecule has 0 radical (unpaired) electrons. The van der Waals surface area contributed by atoms with Crippen LogP contribution < -0.4 is 4.74 Å². The Labute approximate surface area is 143 Å². The third-order valence-electron chi connectivity index (χ3n) is 6.16. The number of carbonyl (C=O) groups excluding carboxylic acids is 1. The molecule has 3 unspecified atom stereocenters. The van der Waals surface area contributed by atoms with Crippen molar-refractivity contribution >= 4 is 5.91 Å². The summed E-state index contributed by atoms with van der Waals surface area (Å²) in [7, 11) is 1.69. The number of aliphatic hydroxyl groups excluding tert-OH is 1. The number of piperidine rings is 3. The summed E-state index contributed by atoms with van der Waals surface area (Å²) in [6.07, 6.45) is 2.62. The van der Waals surface area contributed by atoms with Gasteiger partial charge in [-0.1, -0.05) is 12.1 Å². The summed E-state index contributed by atoms with van der Waals surface area (Å²) in [6, 6.07) is 9.00. The quantitative estimate of drug-likeness (QED) is 0.908. The number of rotatable bonds is 4. The molecule has 4 aliphatic heterocycles. The van der Waals surface area contributed by atoms with Gasteiger partial charge < -0.3 is 14.7 Å². The fourth-order valence-corrected chi connectivity index (χ4v) is 5.11. The lowest BCUT2D eigenvalue weighted by Gasteiger charge is -2.51. The molecule has 5 heteroatoms. The molecule has 24 heavy (non-hydrogen) atoms. The highest BCUT2D eigenvalue weighted by Crippen LogP contribution is 2.47. The first-order chi connectivity index (χ1) is 11.7. The molecular formula is C19H26N2O3. The number of hydrogen-bond donors (Lipinski definition) is 1. The second-order valence-electron chi connectivity index (χ2n) is 7.26. The molecule has 0 spiro atoms. The maximum absolute atomic E-state index is 12.6. The first-order valence-electron chi connectivity index (χ1n) is 9.01. The van der Waals surface area contributed by atoms with E-state index >= 15 is 0 Å². The van der Waals surface area contributed by atoms with Gasteiger partial charge in [0.05, 0.1) is 19.8 Å². The Balaban J connectivity index is 1.68. The summed E-state index contributed by atoms with van der Waals surface area (Å²) >= 11 is 0. The van der Waals surface area contributed by atoms with E-state index in [9.17, 15) is 9.90 Å². The predicted octanol–water partition coefficient (Wildman–Crippen LogP) is 1.47. The number of carbonyl (C=O) groups is 1. The molecule has 0 aliphatic carbocycles. The monoisotopic (exact) mass is 330 g/mol. The van der Waals surface area contributed by atoms with Gasteiger partial charge in [-0.2, -0.15) is 0 Å². The van der Waals surface area contributed by atoms with Crippen LogP contribution in [0.5, 0.6) is 5.75 Å². The maximum Gasteiger partial charge on any atom is 0.225 e. The highest BCUT2D eigenvalue weighted by Gasteiger charge is 2.54. The fraction of sp³-hybridized carbons (Fsp3) is 0.632. The van der Waals surface area contributed by atoms with Crippen LogP contribution in [-0.2, 0) is 4.79 Å². The van der Waals surface area contributed by atoms with Crippen molar-refractivity contribution in [3.63, 3.8) is 0 Å². The smallest absolute Gasteiger partial charge is 0.225 e. The third kappa shape index (κ3) is 2.50. The van der Waals surface area contributed by atoms with Crippen molar-refractivity contribution in [3.05, 3.63) is 29.8 Å². The number of amides is 1. The molecule has 3 atom stereocenters. The molecule has 0 saturated carbocycles. The second kappa shape index (κ2) is 6.37. The van der Waals surface area contributed by atoms with Crippen molar-refractivity contribution in [1.82, 2.24) is 9.80 Å². The van der Waals surface area contributed by atoms with Crippen LogP contribution in [0.1, 0.15) is 30.7 Å². The van der Waals surface area contributed by atoms with Crippen LogP contribution in [0.4, 0.5) is 0 Å². The van der Waals surface area contributed by atoms with Crippen molar-refractivity contribution in [2.24, 2.45) is 5.92 Å². The van der Waals surface area contributed by atoms with Gasteiger partial charge in [-0.05, 0) is 49.5 Å². The molecule has 2 bridgehead atoms. The number of fused-ring (bicyclic) bond motifs is 2. The van der Waals surface area contributed by atoms with Gasteiger partial charge in [0.1, 0.15) is 5.75 Å². The van der Waals surface area contributed by atoms with Crippen molar-refractivity contribution in [1.29, 1.82) is 0 Å². The minimum atomic E-state index is -0.0646. The van der Waals surface area contributed by atoms with Crippen LogP contribution in [0.3, 0.4) is 0 Å². The number of methoxy groups -OCH3 is 1. The Hall–Kier alpha value is -1.59. The molecule has 130 valence electrons. The SMILES string of the molecule is COc1cccc(C2CN(C(=O)CCO)C3C4CCN(CC4)C23)c1. The number of hydrogen-bond acceptors (Lipinski definition) is 4. The Kier molecular flexibility index (Phi) is 4.22. The first kappa shape index (κ1) is 15.9. The minimum Gasteiger partial charge on any atom is -0.497 e. The highest BCUT2D eigenvalue weighted by atomic mass is 16.5. The maximum atomic E-state index is 12.6. The van der Waals surface area contributed by atoms with Crippen LogP contribution in [0.15, 0.2) is 24.3 Å². The van der Waals surface area contributed by atoms with Crippen LogP contribution in [-0.4, -0.2) is 66.2 Å². The number of benzene rings is 1. The van der Waals surface area contributed by atoms with E-state index in [1.54, 1.807) is 7.11 Å². The van der Waals surface area contributed by atoms with E-state index in [2.05, 4.69) is 21.9 Å².